The van der Waals surface area contributed by atoms with Crippen molar-refractivity contribution < 1.29 is 33.7 Å². The van der Waals surface area contributed by atoms with Gasteiger partial charge < -0.3 is 19.3 Å². The first-order chi connectivity index (χ1) is 17.4. The van der Waals surface area contributed by atoms with Gasteiger partial charge in [0.15, 0.2) is 11.5 Å². The number of carbonyl (C=O) groups excluding carboxylic acids is 3. The van der Waals surface area contributed by atoms with Crippen LogP contribution in [0.25, 0.3) is 0 Å². The number of ketones is 2. The molecule has 0 fully saturated rings. The summed E-state index contributed by atoms with van der Waals surface area (Å²) in [7, 11) is 0. The number of aliphatic hydroxyl groups is 1. The van der Waals surface area contributed by atoms with Crippen LogP contribution in [-0.2, 0) is 20.9 Å². The Labute approximate surface area is 207 Å². The number of allylic oxidation sites excluding steroid dienone is 2. The van der Waals surface area contributed by atoms with Gasteiger partial charge in [-0.15, -0.1) is 0 Å². The topological polar surface area (TPSA) is 99.1 Å². The van der Waals surface area contributed by atoms with Crippen LogP contribution in [0, 0.1) is 0 Å². The van der Waals surface area contributed by atoms with Gasteiger partial charge in [-0.3, -0.25) is 9.59 Å². The lowest BCUT2D eigenvalue weighted by Crippen LogP contribution is -2.49. The van der Waals surface area contributed by atoms with E-state index in [1.165, 1.54) is 6.07 Å². The number of ether oxygens (including phenoxy) is 3. The van der Waals surface area contributed by atoms with Gasteiger partial charge in [-0.2, -0.15) is 0 Å². The number of hydrogen-bond donors (Lipinski definition) is 1. The molecule has 2 aliphatic rings. The van der Waals surface area contributed by atoms with E-state index in [2.05, 4.69) is 0 Å². The van der Waals surface area contributed by atoms with Gasteiger partial charge in [-0.1, -0.05) is 66.7 Å². The number of hydrogen-bond acceptors (Lipinski definition) is 7. The summed E-state index contributed by atoms with van der Waals surface area (Å²) < 4.78 is 16.4. The predicted octanol–water partition coefficient (Wildman–Crippen LogP) is 4.35. The van der Waals surface area contributed by atoms with Gasteiger partial charge in [0.2, 0.25) is 5.78 Å². The Bertz CT molecular complexity index is 1360. The number of carbonyl (C=O) groups is 3. The van der Waals surface area contributed by atoms with Crippen molar-refractivity contribution in [2.24, 2.45) is 0 Å². The lowest BCUT2D eigenvalue weighted by Gasteiger charge is -2.39. The molecular formula is C29H24O7. The molecular weight excluding hydrogens is 460 g/mol. The smallest absolute Gasteiger partial charge is 0.379 e. The van der Waals surface area contributed by atoms with Crippen molar-refractivity contribution in [2.75, 3.05) is 6.61 Å². The molecule has 2 atom stereocenters. The van der Waals surface area contributed by atoms with Crippen molar-refractivity contribution in [3.8, 4) is 5.75 Å². The summed E-state index contributed by atoms with van der Waals surface area (Å²) in [6.07, 6.45) is -0.282. The first-order valence-corrected chi connectivity index (χ1v) is 11.7. The van der Waals surface area contributed by atoms with Gasteiger partial charge in [0.05, 0.1) is 12.2 Å². The van der Waals surface area contributed by atoms with E-state index in [0.29, 0.717) is 17.9 Å². The number of rotatable bonds is 6. The first-order valence-electron chi connectivity index (χ1n) is 11.7. The van der Waals surface area contributed by atoms with Gasteiger partial charge in [0, 0.05) is 23.5 Å². The molecule has 0 radical (unpaired) electrons. The normalized spacial score (nSPS) is 20.8. The molecule has 0 saturated carbocycles. The number of benzene rings is 3. The third kappa shape index (κ3) is 4.18. The summed E-state index contributed by atoms with van der Waals surface area (Å²) in [5.74, 6) is -4.85. The minimum absolute atomic E-state index is 0.0181. The maximum atomic E-state index is 13.5. The summed E-state index contributed by atoms with van der Waals surface area (Å²) in [4.78, 5) is 39.4. The molecule has 0 aromatic heterocycles. The van der Waals surface area contributed by atoms with E-state index < -0.39 is 23.5 Å². The van der Waals surface area contributed by atoms with E-state index in [1.807, 2.05) is 30.3 Å². The van der Waals surface area contributed by atoms with Gasteiger partial charge in [-0.05, 0) is 30.2 Å². The van der Waals surface area contributed by atoms with Crippen LogP contribution in [0.1, 0.15) is 51.1 Å². The van der Waals surface area contributed by atoms with Crippen LogP contribution in [0.5, 0.6) is 5.75 Å². The molecule has 36 heavy (non-hydrogen) atoms. The second-order valence-corrected chi connectivity index (χ2v) is 8.65. The highest BCUT2D eigenvalue weighted by Gasteiger charge is 2.53. The zero-order valence-electron chi connectivity index (χ0n) is 19.6. The summed E-state index contributed by atoms with van der Waals surface area (Å²) in [6.45, 7) is 2.01. The molecule has 7 heteroatoms. The van der Waals surface area contributed by atoms with Crippen LogP contribution in [0.15, 0.2) is 90.2 Å². The Hall–Kier alpha value is -4.23. The predicted molar refractivity (Wildman–Crippen MR) is 129 cm³/mol. The van der Waals surface area contributed by atoms with Crippen LogP contribution in [0.2, 0.25) is 0 Å². The number of esters is 1. The minimum atomic E-state index is -2.41. The van der Waals surface area contributed by atoms with Crippen molar-refractivity contribution in [3.63, 3.8) is 0 Å². The summed E-state index contributed by atoms with van der Waals surface area (Å²) in [5, 5.41) is 11.1. The molecule has 0 spiro atoms. The minimum Gasteiger partial charge on any atom is -0.489 e. The van der Waals surface area contributed by atoms with Gasteiger partial charge in [0.1, 0.15) is 12.4 Å². The highest BCUT2D eigenvalue weighted by atomic mass is 16.7. The van der Waals surface area contributed by atoms with Crippen molar-refractivity contribution in [3.05, 3.63) is 112 Å². The van der Waals surface area contributed by atoms with E-state index >= 15 is 0 Å². The molecule has 182 valence electrons. The molecule has 1 heterocycles. The van der Waals surface area contributed by atoms with Gasteiger partial charge >= 0.3 is 11.8 Å². The van der Waals surface area contributed by atoms with Crippen molar-refractivity contribution in [1.29, 1.82) is 0 Å². The first kappa shape index (κ1) is 23.5. The summed E-state index contributed by atoms with van der Waals surface area (Å²) in [6, 6.07) is 23.2. The molecule has 0 bridgehead atoms. The largest absolute Gasteiger partial charge is 0.489 e. The Morgan fingerprint density at radius 2 is 1.58 bits per heavy atom. The SMILES string of the molecule is CCOC(=O)C1(O)C[C@H](c2ccc(OCc3ccccc3)cc2)C2=C(O1)C(=O)c1ccccc1C2=O. The fraction of sp³-hybridized carbons (Fsp3) is 0.207. The second kappa shape index (κ2) is 9.43. The maximum absolute atomic E-state index is 13.5. The van der Waals surface area contributed by atoms with Gasteiger partial charge in [-0.25, -0.2) is 4.79 Å². The monoisotopic (exact) mass is 484 g/mol. The quantitative estimate of drug-likeness (QED) is 0.519. The van der Waals surface area contributed by atoms with E-state index in [4.69, 9.17) is 14.2 Å². The van der Waals surface area contributed by atoms with E-state index in [0.717, 1.165) is 5.56 Å². The van der Waals surface area contributed by atoms with Crippen molar-refractivity contribution >= 4 is 17.5 Å². The molecule has 1 aliphatic carbocycles. The third-order valence-electron chi connectivity index (χ3n) is 6.34. The fourth-order valence-electron chi connectivity index (χ4n) is 4.57. The van der Waals surface area contributed by atoms with Gasteiger partial charge in [0.25, 0.3) is 0 Å². The molecule has 3 aromatic carbocycles. The van der Waals surface area contributed by atoms with E-state index in [9.17, 15) is 19.5 Å². The fourth-order valence-corrected chi connectivity index (χ4v) is 4.57. The van der Waals surface area contributed by atoms with Crippen molar-refractivity contribution in [1.82, 2.24) is 0 Å². The molecule has 0 amide bonds. The Morgan fingerprint density at radius 3 is 2.25 bits per heavy atom. The highest BCUT2D eigenvalue weighted by Crippen LogP contribution is 2.46. The zero-order valence-corrected chi connectivity index (χ0v) is 19.6. The average Bonchev–Trinajstić information content (AvgIpc) is 2.91. The number of Topliss-reactive ketones (excluding diaryl/α,β-unsaturated/α-hetero) is 2. The number of fused-ring (bicyclic) bond motifs is 1. The molecule has 1 unspecified atom stereocenters. The van der Waals surface area contributed by atoms with Crippen molar-refractivity contribution in [2.45, 2.75) is 31.7 Å². The third-order valence-corrected chi connectivity index (χ3v) is 6.34. The molecule has 1 N–H and O–H groups in total. The second-order valence-electron chi connectivity index (χ2n) is 8.65. The van der Waals surface area contributed by atoms with Crippen LogP contribution >= 0.6 is 0 Å². The molecule has 3 aromatic rings. The standard InChI is InChI=1S/C29H24O7/c1-2-34-28(32)29(33)16-23(19-12-14-20(15-13-19)35-17-18-8-4-3-5-9-18)24-25(30)21-10-6-7-11-22(21)26(31)27(24)36-29/h3-15,23,33H,2,16-17H2,1H3/t23-,29?/m1/s1. The van der Waals surface area contributed by atoms with Crippen LogP contribution < -0.4 is 4.74 Å². The zero-order chi connectivity index (χ0) is 25.3. The molecule has 7 nitrogen and oxygen atoms in total. The Morgan fingerprint density at radius 1 is 0.944 bits per heavy atom. The lowest BCUT2D eigenvalue weighted by atomic mass is 9.75. The lowest BCUT2D eigenvalue weighted by molar-refractivity contribution is -0.220. The highest BCUT2D eigenvalue weighted by molar-refractivity contribution is 6.27. The molecule has 0 saturated heterocycles. The summed E-state index contributed by atoms with van der Waals surface area (Å²) in [5.41, 5.74) is 2.19. The average molecular weight is 485 g/mol. The van der Waals surface area contributed by atoms with E-state index in [1.54, 1.807) is 49.4 Å². The van der Waals surface area contributed by atoms with Crippen LogP contribution in [0.3, 0.4) is 0 Å². The van der Waals surface area contributed by atoms with E-state index in [-0.39, 0.29) is 41.3 Å². The summed E-state index contributed by atoms with van der Waals surface area (Å²) >= 11 is 0. The van der Waals surface area contributed by atoms with Crippen LogP contribution in [0.4, 0.5) is 0 Å². The molecule has 1 aliphatic heterocycles. The molecule has 5 rings (SSSR count). The van der Waals surface area contributed by atoms with Crippen LogP contribution in [-0.4, -0.2) is 35.0 Å². The maximum Gasteiger partial charge on any atom is 0.379 e. The Balaban J connectivity index is 1.51. The Kier molecular flexibility index (Phi) is 6.16.